The first-order chi connectivity index (χ1) is 8.40. The van der Waals surface area contributed by atoms with E-state index >= 15 is 0 Å². The van der Waals surface area contributed by atoms with E-state index in [1.807, 2.05) is 33.8 Å². The highest BCUT2D eigenvalue weighted by atomic mass is 79.9. The van der Waals surface area contributed by atoms with Crippen LogP contribution in [0.5, 0.6) is 5.75 Å². The van der Waals surface area contributed by atoms with E-state index < -0.39 is 5.60 Å². The summed E-state index contributed by atoms with van der Waals surface area (Å²) in [6.07, 6.45) is 0. The smallest absolute Gasteiger partial charge is 0.159 e. The van der Waals surface area contributed by atoms with Crippen molar-refractivity contribution in [2.75, 3.05) is 6.61 Å². The molecule has 0 atom stereocenters. The van der Waals surface area contributed by atoms with Crippen LogP contribution in [-0.4, -0.2) is 12.2 Å². The molecule has 0 unspecified atom stereocenters. The number of aryl methyl sites for hydroxylation is 1. The fourth-order valence-electron chi connectivity index (χ4n) is 1.59. The number of alkyl halides is 1. The largest absolute Gasteiger partial charge is 0.495 e. The predicted molar refractivity (Wildman–Crippen MR) is 79.3 cm³/mol. The molecule has 0 saturated carbocycles. The maximum absolute atomic E-state index is 6.01. The summed E-state index contributed by atoms with van der Waals surface area (Å²) < 4.78 is 11.4. The van der Waals surface area contributed by atoms with Gasteiger partial charge in [-0.05, 0) is 44.9 Å². The third kappa shape index (κ3) is 3.77. The van der Waals surface area contributed by atoms with Gasteiger partial charge in [-0.2, -0.15) is 0 Å². The molecule has 1 rings (SSSR count). The maximum Gasteiger partial charge on any atom is 0.159 e. The molecule has 3 heteroatoms. The van der Waals surface area contributed by atoms with Crippen LogP contribution in [0.25, 0.3) is 0 Å². The Morgan fingerprint density at radius 2 is 2.06 bits per heavy atom. The van der Waals surface area contributed by atoms with Crippen molar-refractivity contribution in [1.29, 1.82) is 0 Å². The van der Waals surface area contributed by atoms with Crippen LogP contribution in [0.3, 0.4) is 0 Å². The fourth-order valence-corrected chi connectivity index (χ4v) is 1.94. The van der Waals surface area contributed by atoms with Crippen LogP contribution < -0.4 is 4.74 Å². The van der Waals surface area contributed by atoms with Gasteiger partial charge >= 0.3 is 0 Å². The molecule has 0 aliphatic heterocycles. The van der Waals surface area contributed by atoms with Gasteiger partial charge in [0.05, 0.1) is 6.61 Å². The molecule has 100 valence electrons. The van der Waals surface area contributed by atoms with Gasteiger partial charge in [-0.3, -0.25) is 0 Å². The minimum Gasteiger partial charge on any atom is -0.495 e. The molecule has 0 heterocycles. The first-order valence-electron chi connectivity index (χ1n) is 6.07. The monoisotopic (exact) mass is 312 g/mol. The topological polar surface area (TPSA) is 18.5 Å². The summed E-state index contributed by atoms with van der Waals surface area (Å²) in [5.41, 5.74) is 1.82. The van der Waals surface area contributed by atoms with Crippen molar-refractivity contribution < 1.29 is 9.47 Å². The van der Waals surface area contributed by atoms with Crippen LogP contribution in [0.2, 0.25) is 0 Å². The molecule has 0 aromatic heterocycles. The van der Waals surface area contributed by atoms with E-state index in [1.54, 1.807) is 0 Å². The first kappa shape index (κ1) is 15.1. The lowest BCUT2D eigenvalue weighted by Gasteiger charge is -2.29. The molecule has 0 N–H and O–H groups in total. The van der Waals surface area contributed by atoms with E-state index in [2.05, 4.69) is 34.6 Å². The Labute approximate surface area is 118 Å². The normalized spacial score (nSPS) is 11.2. The van der Waals surface area contributed by atoms with Gasteiger partial charge in [-0.1, -0.05) is 34.6 Å². The molecule has 0 aliphatic rings. The standard InChI is InChI=1S/C15H21BrO2/c1-6-17-12(3)15(4,5)18-14-8-7-13(10-16)9-11(14)2/h7-9H,3,6,10H2,1-2,4-5H3. The lowest BCUT2D eigenvalue weighted by molar-refractivity contribution is 0.0637. The number of rotatable bonds is 6. The van der Waals surface area contributed by atoms with Crippen LogP contribution in [0.4, 0.5) is 0 Å². The molecule has 1 aromatic rings. The third-order valence-corrected chi connectivity index (χ3v) is 3.40. The summed E-state index contributed by atoms with van der Waals surface area (Å²) in [7, 11) is 0. The van der Waals surface area contributed by atoms with Crippen LogP contribution in [0.1, 0.15) is 31.9 Å². The second-order valence-electron chi connectivity index (χ2n) is 4.70. The average Bonchev–Trinajstić information content (AvgIpc) is 2.32. The second kappa shape index (κ2) is 6.28. The number of hydrogen-bond acceptors (Lipinski definition) is 2. The molecule has 2 nitrogen and oxygen atoms in total. The van der Waals surface area contributed by atoms with E-state index in [1.165, 1.54) is 5.56 Å². The predicted octanol–water partition coefficient (Wildman–Crippen LogP) is 4.60. The summed E-state index contributed by atoms with van der Waals surface area (Å²) in [5.74, 6) is 1.51. The summed E-state index contributed by atoms with van der Waals surface area (Å²) in [4.78, 5) is 0. The molecule has 1 aromatic carbocycles. The molecule has 0 spiro atoms. The van der Waals surface area contributed by atoms with Crippen LogP contribution in [0, 0.1) is 6.92 Å². The Hall–Kier alpha value is -0.960. The van der Waals surface area contributed by atoms with Gasteiger partial charge < -0.3 is 9.47 Å². The first-order valence-corrected chi connectivity index (χ1v) is 7.19. The fraction of sp³-hybridized carbons (Fsp3) is 0.467. The number of benzene rings is 1. The quantitative estimate of drug-likeness (QED) is 0.564. The lowest BCUT2D eigenvalue weighted by atomic mass is 10.1. The number of hydrogen-bond donors (Lipinski definition) is 0. The molecule has 0 fully saturated rings. The molecule has 0 radical (unpaired) electrons. The van der Waals surface area contributed by atoms with E-state index in [9.17, 15) is 0 Å². The summed E-state index contributed by atoms with van der Waals surface area (Å²) >= 11 is 3.45. The van der Waals surface area contributed by atoms with Gasteiger partial charge in [0.1, 0.15) is 11.5 Å². The minimum absolute atomic E-state index is 0.531. The third-order valence-electron chi connectivity index (χ3n) is 2.75. The summed E-state index contributed by atoms with van der Waals surface area (Å²) in [6.45, 7) is 12.4. The van der Waals surface area contributed by atoms with Crippen molar-refractivity contribution in [3.8, 4) is 5.75 Å². The van der Waals surface area contributed by atoms with Crippen molar-refractivity contribution in [2.45, 2.75) is 38.6 Å². The molecule has 0 saturated heterocycles. The highest BCUT2D eigenvalue weighted by molar-refractivity contribution is 9.08. The van der Waals surface area contributed by atoms with Gasteiger partial charge in [0.2, 0.25) is 0 Å². The van der Waals surface area contributed by atoms with Gasteiger partial charge in [0.25, 0.3) is 0 Å². The average molecular weight is 313 g/mol. The highest BCUT2D eigenvalue weighted by Gasteiger charge is 2.26. The van der Waals surface area contributed by atoms with Crippen molar-refractivity contribution in [2.24, 2.45) is 0 Å². The van der Waals surface area contributed by atoms with E-state index in [0.717, 1.165) is 16.6 Å². The van der Waals surface area contributed by atoms with Gasteiger partial charge in [0.15, 0.2) is 5.60 Å². The molecule has 0 bridgehead atoms. The zero-order valence-electron chi connectivity index (χ0n) is 11.5. The summed E-state index contributed by atoms with van der Waals surface area (Å²) in [5, 5.41) is 0.850. The Kier molecular flexibility index (Phi) is 5.27. The van der Waals surface area contributed by atoms with Gasteiger partial charge in [-0.25, -0.2) is 0 Å². The van der Waals surface area contributed by atoms with Crippen LogP contribution in [0.15, 0.2) is 30.5 Å². The van der Waals surface area contributed by atoms with Crippen molar-refractivity contribution in [3.63, 3.8) is 0 Å². The van der Waals surface area contributed by atoms with Gasteiger partial charge in [0, 0.05) is 5.33 Å². The van der Waals surface area contributed by atoms with Crippen molar-refractivity contribution in [3.05, 3.63) is 41.7 Å². The summed E-state index contributed by atoms with van der Waals surface area (Å²) in [6, 6.07) is 6.16. The molecular weight excluding hydrogens is 292 g/mol. The van der Waals surface area contributed by atoms with Crippen LogP contribution in [-0.2, 0) is 10.1 Å². The highest BCUT2D eigenvalue weighted by Crippen LogP contribution is 2.28. The van der Waals surface area contributed by atoms with E-state index in [4.69, 9.17) is 9.47 Å². The molecular formula is C15H21BrO2. The minimum atomic E-state index is -0.531. The van der Waals surface area contributed by atoms with Crippen molar-refractivity contribution in [1.82, 2.24) is 0 Å². The zero-order valence-corrected chi connectivity index (χ0v) is 13.1. The Bertz CT molecular complexity index is 425. The molecule has 18 heavy (non-hydrogen) atoms. The van der Waals surface area contributed by atoms with E-state index in [-0.39, 0.29) is 0 Å². The van der Waals surface area contributed by atoms with E-state index in [0.29, 0.717) is 12.4 Å². The Morgan fingerprint density at radius 3 is 2.56 bits per heavy atom. The van der Waals surface area contributed by atoms with Gasteiger partial charge in [-0.15, -0.1) is 0 Å². The van der Waals surface area contributed by atoms with Crippen LogP contribution >= 0.6 is 15.9 Å². The lowest BCUT2D eigenvalue weighted by Crippen LogP contribution is -2.32. The number of ether oxygens (including phenoxy) is 2. The number of halogens is 1. The molecule has 0 aliphatic carbocycles. The zero-order chi connectivity index (χ0) is 13.8. The molecule has 0 amide bonds. The maximum atomic E-state index is 6.01. The second-order valence-corrected chi connectivity index (χ2v) is 5.26. The Balaban J connectivity index is 2.87. The SMILES string of the molecule is C=C(OCC)C(C)(C)Oc1ccc(CBr)cc1C. The van der Waals surface area contributed by atoms with Crippen molar-refractivity contribution >= 4 is 15.9 Å². The Morgan fingerprint density at radius 1 is 1.39 bits per heavy atom.